The third-order valence-corrected chi connectivity index (χ3v) is 4.20. The van der Waals surface area contributed by atoms with Crippen molar-refractivity contribution in [2.24, 2.45) is 11.8 Å². The fourth-order valence-electron chi connectivity index (χ4n) is 2.74. The first-order chi connectivity index (χ1) is 8.76. The van der Waals surface area contributed by atoms with Gasteiger partial charge in [-0.05, 0) is 44.6 Å². The third kappa shape index (κ3) is 3.35. The molecule has 18 heavy (non-hydrogen) atoms. The lowest BCUT2D eigenvalue weighted by molar-refractivity contribution is 0.332. The zero-order valence-electron chi connectivity index (χ0n) is 12.0. The highest BCUT2D eigenvalue weighted by atomic mass is 15.1. The van der Waals surface area contributed by atoms with E-state index in [0.717, 1.165) is 31.3 Å². The summed E-state index contributed by atoms with van der Waals surface area (Å²) in [5.41, 5.74) is 0. The summed E-state index contributed by atoms with van der Waals surface area (Å²) in [6.45, 7) is 8.97. The van der Waals surface area contributed by atoms with E-state index in [2.05, 4.69) is 41.8 Å². The Bertz CT molecular complexity index is 354. The van der Waals surface area contributed by atoms with Crippen molar-refractivity contribution in [2.75, 3.05) is 6.54 Å². The molecule has 1 saturated carbocycles. The van der Waals surface area contributed by atoms with E-state index in [1.165, 1.54) is 25.1 Å². The van der Waals surface area contributed by atoms with Crippen LogP contribution in [0.15, 0.2) is 12.4 Å². The van der Waals surface area contributed by atoms with Crippen LogP contribution in [0.1, 0.15) is 45.9 Å². The van der Waals surface area contributed by atoms with Crippen LogP contribution in [0.5, 0.6) is 0 Å². The normalized spacial score (nSPS) is 18.8. The molecular formula is C15H27N3. The minimum Gasteiger partial charge on any atom is -0.335 e. The second kappa shape index (κ2) is 6.37. The van der Waals surface area contributed by atoms with E-state index in [0.29, 0.717) is 6.04 Å². The minimum absolute atomic E-state index is 0.588. The molecule has 1 aromatic rings. The maximum Gasteiger partial charge on any atom is 0.110 e. The van der Waals surface area contributed by atoms with Crippen LogP contribution in [-0.2, 0) is 13.0 Å². The van der Waals surface area contributed by atoms with Crippen molar-refractivity contribution >= 4 is 0 Å². The van der Waals surface area contributed by atoms with Crippen LogP contribution < -0.4 is 5.32 Å². The molecule has 1 aliphatic carbocycles. The van der Waals surface area contributed by atoms with Gasteiger partial charge in [0.15, 0.2) is 0 Å². The molecule has 1 aliphatic rings. The maximum atomic E-state index is 4.52. The van der Waals surface area contributed by atoms with E-state index in [1.54, 1.807) is 0 Å². The van der Waals surface area contributed by atoms with Crippen molar-refractivity contribution in [1.82, 2.24) is 14.9 Å². The highest BCUT2D eigenvalue weighted by Gasteiger charge is 2.33. The van der Waals surface area contributed by atoms with Gasteiger partial charge in [0, 0.05) is 31.4 Å². The molecule has 0 amide bonds. The number of aromatic nitrogens is 2. The monoisotopic (exact) mass is 249 g/mol. The highest BCUT2D eigenvalue weighted by Crippen LogP contribution is 2.38. The van der Waals surface area contributed by atoms with Gasteiger partial charge in [0.05, 0.1) is 0 Å². The van der Waals surface area contributed by atoms with Gasteiger partial charge in [-0.2, -0.15) is 0 Å². The molecule has 3 heteroatoms. The molecule has 0 spiro atoms. The molecule has 2 rings (SSSR count). The summed E-state index contributed by atoms with van der Waals surface area (Å²) >= 11 is 0. The van der Waals surface area contributed by atoms with Crippen molar-refractivity contribution in [3.63, 3.8) is 0 Å². The summed E-state index contributed by atoms with van der Waals surface area (Å²) in [5.74, 6) is 2.96. The Morgan fingerprint density at radius 1 is 1.44 bits per heavy atom. The maximum absolute atomic E-state index is 4.52. The summed E-state index contributed by atoms with van der Waals surface area (Å²) in [5, 5.41) is 3.73. The third-order valence-electron chi connectivity index (χ3n) is 4.20. The van der Waals surface area contributed by atoms with Gasteiger partial charge in [0.25, 0.3) is 0 Å². The first-order valence-corrected chi connectivity index (χ1v) is 7.49. The zero-order chi connectivity index (χ0) is 13.0. The average molecular weight is 249 g/mol. The molecule has 102 valence electrons. The van der Waals surface area contributed by atoms with Crippen molar-refractivity contribution in [3.05, 3.63) is 18.2 Å². The molecule has 1 fully saturated rings. The second-order valence-corrected chi connectivity index (χ2v) is 5.59. The van der Waals surface area contributed by atoms with Crippen molar-refractivity contribution in [2.45, 2.75) is 59.0 Å². The lowest BCUT2D eigenvalue weighted by atomic mass is 9.93. The molecule has 0 radical (unpaired) electrons. The molecule has 1 heterocycles. The van der Waals surface area contributed by atoms with Gasteiger partial charge in [-0.25, -0.2) is 4.98 Å². The molecule has 0 aromatic carbocycles. The van der Waals surface area contributed by atoms with E-state index >= 15 is 0 Å². The minimum atomic E-state index is 0.588. The average Bonchev–Trinajstić information content (AvgIpc) is 3.14. The summed E-state index contributed by atoms with van der Waals surface area (Å²) in [7, 11) is 0. The molecule has 3 nitrogen and oxygen atoms in total. The molecule has 1 aromatic heterocycles. The van der Waals surface area contributed by atoms with Crippen molar-refractivity contribution in [1.29, 1.82) is 0 Å². The number of nitrogens with zero attached hydrogens (tertiary/aromatic N) is 2. The smallest absolute Gasteiger partial charge is 0.110 e. The highest BCUT2D eigenvalue weighted by molar-refractivity contribution is 4.98. The molecule has 1 N–H and O–H groups in total. The van der Waals surface area contributed by atoms with Crippen LogP contribution in [0.25, 0.3) is 0 Å². The van der Waals surface area contributed by atoms with Crippen molar-refractivity contribution in [3.8, 4) is 0 Å². The van der Waals surface area contributed by atoms with E-state index in [1.807, 2.05) is 6.20 Å². The van der Waals surface area contributed by atoms with Crippen LogP contribution in [0.2, 0.25) is 0 Å². The Kier molecular flexibility index (Phi) is 4.81. The van der Waals surface area contributed by atoms with Gasteiger partial charge < -0.3 is 9.88 Å². The van der Waals surface area contributed by atoms with E-state index in [-0.39, 0.29) is 0 Å². The van der Waals surface area contributed by atoms with Crippen LogP contribution in [0, 0.1) is 11.8 Å². The molecule has 0 bridgehead atoms. The lowest BCUT2D eigenvalue weighted by Gasteiger charge is -2.25. The largest absolute Gasteiger partial charge is 0.335 e. The summed E-state index contributed by atoms with van der Waals surface area (Å²) < 4.78 is 2.26. The Morgan fingerprint density at radius 3 is 2.83 bits per heavy atom. The van der Waals surface area contributed by atoms with E-state index in [9.17, 15) is 0 Å². The number of hydrogen-bond donors (Lipinski definition) is 1. The molecule has 2 atom stereocenters. The van der Waals surface area contributed by atoms with Gasteiger partial charge >= 0.3 is 0 Å². The fraction of sp³-hybridized carbons (Fsp3) is 0.800. The summed E-state index contributed by atoms with van der Waals surface area (Å²) in [4.78, 5) is 4.52. The van der Waals surface area contributed by atoms with Crippen LogP contribution >= 0.6 is 0 Å². The van der Waals surface area contributed by atoms with Crippen molar-refractivity contribution < 1.29 is 0 Å². The predicted octanol–water partition coefficient (Wildman–Crippen LogP) is 2.86. The first-order valence-electron chi connectivity index (χ1n) is 7.49. The molecule has 0 aliphatic heterocycles. The van der Waals surface area contributed by atoms with Gasteiger partial charge in [0.2, 0.25) is 0 Å². The molecular weight excluding hydrogens is 222 g/mol. The zero-order valence-corrected chi connectivity index (χ0v) is 12.0. The summed E-state index contributed by atoms with van der Waals surface area (Å²) in [6.07, 6.45) is 9.14. The quantitative estimate of drug-likeness (QED) is 0.768. The van der Waals surface area contributed by atoms with Crippen LogP contribution in [0.3, 0.4) is 0 Å². The Labute approximate surface area is 111 Å². The van der Waals surface area contributed by atoms with Gasteiger partial charge in [-0.3, -0.25) is 0 Å². The Hall–Kier alpha value is -0.830. The van der Waals surface area contributed by atoms with Crippen LogP contribution in [0.4, 0.5) is 0 Å². The number of imidazole rings is 1. The van der Waals surface area contributed by atoms with Gasteiger partial charge in [0.1, 0.15) is 5.82 Å². The second-order valence-electron chi connectivity index (χ2n) is 5.59. The standard InChI is InChI=1S/C15H27N3/c1-4-8-16-14(12(3)13-6-7-13)11-15-17-9-10-18(15)5-2/h9-10,12-14,16H,4-8,11H2,1-3H3. The van der Waals surface area contributed by atoms with Crippen LogP contribution in [-0.4, -0.2) is 22.1 Å². The number of aryl methyl sites for hydroxylation is 1. The van der Waals surface area contributed by atoms with E-state index in [4.69, 9.17) is 0 Å². The molecule has 2 unspecified atom stereocenters. The predicted molar refractivity (Wildman–Crippen MR) is 75.6 cm³/mol. The van der Waals surface area contributed by atoms with E-state index < -0.39 is 0 Å². The molecule has 0 saturated heterocycles. The lowest BCUT2D eigenvalue weighted by Crippen LogP contribution is -2.39. The Morgan fingerprint density at radius 2 is 2.22 bits per heavy atom. The number of rotatable bonds is 8. The Balaban J connectivity index is 1.99. The van der Waals surface area contributed by atoms with Gasteiger partial charge in [-0.15, -0.1) is 0 Å². The van der Waals surface area contributed by atoms with Gasteiger partial charge in [-0.1, -0.05) is 13.8 Å². The summed E-state index contributed by atoms with van der Waals surface area (Å²) in [6, 6.07) is 0.588. The SMILES string of the molecule is CCCNC(Cc1nccn1CC)C(C)C1CC1. The number of nitrogens with one attached hydrogen (secondary N) is 1. The number of hydrogen-bond acceptors (Lipinski definition) is 2. The first kappa shape index (κ1) is 13.6. The fourth-order valence-corrected chi connectivity index (χ4v) is 2.74. The topological polar surface area (TPSA) is 29.9 Å².